The first kappa shape index (κ1) is 27.3. The van der Waals surface area contributed by atoms with E-state index in [9.17, 15) is 14.4 Å². The van der Waals surface area contributed by atoms with Gasteiger partial charge >= 0.3 is 0 Å². The predicted octanol–water partition coefficient (Wildman–Crippen LogP) is 2.71. The van der Waals surface area contributed by atoms with Crippen molar-refractivity contribution < 1.29 is 33.3 Å². The first-order valence-electron chi connectivity index (χ1n) is 12.8. The van der Waals surface area contributed by atoms with Gasteiger partial charge in [0.2, 0.25) is 5.91 Å². The van der Waals surface area contributed by atoms with Crippen molar-refractivity contribution in [3.8, 4) is 17.2 Å². The summed E-state index contributed by atoms with van der Waals surface area (Å²) in [6, 6.07) is 11.3. The van der Waals surface area contributed by atoms with Gasteiger partial charge < -0.3 is 29.2 Å². The highest BCUT2D eigenvalue weighted by atomic mass is 16.5. The van der Waals surface area contributed by atoms with Gasteiger partial charge in [0.15, 0.2) is 0 Å². The number of hydrogen-bond donors (Lipinski definition) is 1. The van der Waals surface area contributed by atoms with Crippen LogP contribution in [0.1, 0.15) is 46.9 Å². The molecule has 4 rings (SSSR count). The van der Waals surface area contributed by atoms with Crippen LogP contribution in [0.15, 0.2) is 42.5 Å². The molecule has 1 unspecified atom stereocenters. The molecule has 2 fully saturated rings. The van der Waals surface area contributed by atoms with Crippen molar-refractivity contribution in [1.29, 1.82) is 0 Å². The Labute approximate surface area is 222 Å². The van der Waals surface area contributed by atoms with Crippen LogP contribution in [-0.4, -0.2) is 86.9 Å². The van der Waals surface area contributed by atoms with Gasteiger partial charge in [0, 0.05) is 38.0 Å². The number of carbonyl (C=O) groups is 3. The Morgan fingerprint density at radius 1 is 0.974 bits per heavy atom. The highest BCUT2D eigenvalue weighted by Gasteiger charge is 2.54. The van der Waals surface area contributed by atoms with Crippen molar-refractivity contribution in [1.82, 2.24) is 15.1 Å². The number of likely N-dealkylation sites (tertiary alicyclic amines) is 1. The van der Waals surface area contributed by atoms with Crippen molar-refractivity contribution in [3.63, 3.8) is 0 Å². The van der Waals surface area contributed by atoms with E-state index >= 15 is 0 Å². The van der Waals surface area contributed by atoms with E-state index in [0.717, 1.165) is 6.42 Å². The fraction of sp³-hybridized carbons (Fsp3) is 0.464. The third kappa shape index (κ3) is 5.13. The molecule has 0 bridgehead atoms. The van der Waals surface area contributed by atoms with Gasteiger partial charge in [0.05, 0.1) is 27.9 Å². The van der Waals surface area contributed by atoms with Gasteiger partial charge in [-0.15, -0.1) is 0 Å². The smallest absolute Gasteiger partial charge is 0.261 e. The van der Waals surface area contributed by atoms with Gasteiger partial charge in [0.25, 0.3) is 11.8 Å². The van der Waals surface area contributed by atoms with E-state index in [1.54, 1.807) is 52.3 Å². The molecular formula is C28H35N3O7. The first-order valence-corrected chi connectivity index (χ1v) is 12.8. The number of nitrogens with one attached hydrogen (secondary N) is 1. The predicted molar refractivity (Wildman–Crippen MR) is 140 cm³/mol. The average molecular weight is 526 g/mol. The monoisotopic (exact) mass is 525 g/mol. The third-order valence-corrected chi connectivity index (χ3v) is 7.12. The van der Waals surface area contributed by atoms with Gasteiger partial charge in [0.1, 0.15) is 34.6 Å². The minimum absolute atomic E-state index is 0.0829. The van der Waals surface area contributed by atoms with E-state index in [1.165, 1.54) is 21.3 Å². The number of piperidine rings is 1. The molecule has 1 N–H and O–H groups in total. The van der Waals surface area contributed by atoms with E-state index in [4.69, 9.17) is 18.9 Å². The molecule has 1 atom stereocenters. The van der Waals surface area contributed by atoms with Gasteiger partial charge in [-0.25, -0.2) is 0 Å². The Morgan fingerprint density at radius 2 is 1.63 bits per heavy atom. The van der Waals surface area contributed by atoms with Crippen LogP contribution in [0, 0.1) is 0 Å². The molecule has 2 saturated heterocycles. The standard InChI is InChI=1S/C28H35N3O7/c1-5-14-29-25(32)21-18-38-28(31(21)26(33)19-8-6-9-20(17-19)35-2)12-15-30(16-13-28)27(34)24-22(36-3)10-7-11-23(24)37-4/h6-11,17,21H,5,12-16,18H2,1-4H3,(H,29,32). The van der Waals surface area contributed by atoms with Gasteiger partial charge in [-0.3, -0.25) is 19.3 Å². The highest BCUT2D eigenvalue weighted by Crippen LogP contribution is 2.40. The molecule has 2 aliphatic rings. The molecular weight excluding hydrogens is 490 g/mol. The molecule has 204 valence electrons. The number of ether oxygens (including phenoxy) is 4. The molecule has 2 aliphatic heterocycles. The maximum Gasteiger partial charge on any atom is 0.261 e. The van der Waals surface area contributed by atoms with Crippen molar-refractivity contribution in [2.75, 3.05) is 47.6 Å². The van der Waals surface area contributed by atoms with Crippen molar-refractivity contribution in [2.24, 2.45) is 0 Å². The lowest BCUT2D eigenvalue weighted by molar-refractivity contribution is -0.128. The van der Waals surface area contributed by atoms with Gasteiger partial charge in [-0.2, -0.15) is 0 Å². The summed E-state index contributed by atoms with van der Waals surface area (Å²) < 4.78 is 22.4. The molecule has 0 aliphatic carbocycles. The number of hydrogen-bond acceptors (Lipinski definition) is 7. The number of benzene rings is 2. The zero-order valence-corrected chi connectivity index (χ0v) is 22.3. The van der Waals surface area contributed by atoms with E-state index in [2.05, 4.69) is 5.32 Å². The minimum Gasteiger partial charge on any atom is -0.497 e. The topological polar surface area (TPSA) is 107 Å². The van der Waals surface area contributed by atoms with Crippen LogP contribution in [0.25, 0.3) is 0 Å². The number of methoxy groups -OCH3 is 3. The summed E-state index contributed by atoms with van der Waals surface area (Å²) in [7, 11) is 4.55. The van der Waals surface area contributed by atoms with Crippen LogP contribution in [0.4, 0.5) is 0 Å². The summed E-state index contributed by atoms with van der Waals surface area (Å²) in [5.41, 5.74) is -0.266. The van der Waals surface area contributed by atoms with E-state index in [-0.39, 0.29) is 24.3 Å². The molecule has 0 aromatic heterocycles. The molecule has 0 radical (unpaired) electrons. The minimum atomic E-state index is -1.02. The quantitative estimate of drug-likeness (QED) is 0.565. The Morgan fingerprint density at radius 3 is 2.24 bits per heavy atom. The van der Waals surface area contributed by atoms with Crippen LogP contribution < -0.4 is 19.5 Å². The lowest BCUT2D eigenvalue weighted by atomic mass is 9.95. The normalized spacial score (nSPS) is 18.3. The summed E-state index contributed by atoms with van der Waals surface area (Å²) in [5, 5.41) is 2.90. The van der Waals surface area contributed by atoms with Crippen LogP contribution in [0.3, 0.4) is 0 Å². The summed E-state index contributed by atoms with van der Waals surface area (Å²) >= 11 is 0. The van der Waals surface area contributed by atoms with Gasteiger partial charge in [-0.1, -0.05) is 19.1 Å². The fourth-order valence-electron chi connectivity index (χ4n) is 5.11. The molecule has 0 saturated carbocycles. The van der Waals surface area contributed by atoms with Crippen LogP contribution in [-0.2, 0) is 9.53 Å². The summed E-state index contributed by atoms with van der Waals surface area (Å²) in [6.07, 6.45) is 1.48. The number of nitrogens with zero attached hydrogens (tertiary/aromatic N) is 2. The molecule has 1 spiro atoms. The second kappa shape index (κ2) is 11.7. The van der Waals surface area contributed by atoms with E-state index < -0.39 is 11.8 Å². The SMILES string of the molecule is CCCNC(=O)C1COC2(CCN(C(=O)c3c(OC)cccc3OC)CC2)N1C(=O)c1cccc(OC)c1. The number of rotatable bonds is 8. The molecule has 10 heteroatoms. The third-order valence-electron chi connectivity index (χ3n) is 7.12. The molecule has 38 heavy (non-hydrogen) atoms. The van der Waals surface area contributed by atoms with Crippen LogP contribution in [0.5, 0.6) is 17.2 Å². The average Bonchev–Trinajstić information content (AvgIpc) is 3.33. The largest absolute Gasteiger partial charge is 0.497 e. The second-order valence-corrected chi connectivity index (χ2v) is 9.30. The van der Waals surface area contributed by atoms with Crippen LogP contribution in [0.2, 0.25) is 0 Å². The molecule has 2 heterocycles. The zero-order valence-electron chi connectivity index (χ0n) is 22.3. The Hall–Kier alpha value is -3.79. The molecule has 2 aromatic carbocycles. The Balaban J connectivity index is 1.60. The van der Waals surface area contributed by atoms with E-state index in [1.807, 2.05) is 6.92 Å². The highest BCUT2D eigenvalue weighted by molar-refractivity contribution is 6.00. The molecule has 2 aromatic rings. The maximum absolute atomic E-state index is 13.9. The summed E-state index contributed by atoms with van der Waals surface area (Å²) in [6.45, 7) is 3.21. The summed E-state index contributed by atoms with van der Waals surface area (Å²) in [5.74, 6) is 0.600. The maximum atomic E-state index is 13.9. The van der Waals surface area contributed by atoms with Crippen molar-refractivity contribution >= 4 is 17.7 Å². The zero-order chi connectivity index (χ0) is 27.3. The van der Waals surface area contributed by atoms with Crippen molar-refractivity contribution in [3.05, 3.63) is 53.6 Å². The Kier molecular flexibility index (Phi) is 8.41. The second-order valence-electron chi connectivity index (χ2n) is 9.30. The fourth-order valence-corrected chi connectivity index (χ4v) is 5.11. The molecule has 10 nitrogen and oxygen atoms in total. The number of carbonyl (C=O) groups excluding carboxylic acids is 3. The lowest BCUT2D eigenvalue weighted by Gasteiger charge is -2.44. The van der Waals surface area contributed by atoms with Gasteiger partial charge in [-0.05, 0) is 36.8 Å². The summed E-state index contributed by atoms with van der Waals surface area (Å²) in [4.78, 5) is 43.8. The van der Waals surface area contributed by atoms with E-state index in [0.29, 0.717) is 60.9 Å². The molecule has 3 amide bonds. The lowest BCUT2D eigenvalue weighted by Crippen LogP contribution is -2.59. The van der Waals surface area contributed by atoms with Crippen LogP contribution >= 0.6 is 0 Å². The van der Waals surface area contributed by atoms with Crippen molar-refractivity contribution in [2.45, 2.75) is 38.0 Å². The Bertz CT molecular complexity index is 1150. The number of amides is 3. The first-order chi connectivity index (χ1) is 18.4.